The number of benzene rings is 2. The lowest BCUT2D eigenvalue weighted by atomic mass is 10.1. The number of fused-ring (bicyclic) bond motifs is 2. The van der Waals surface area contributed by atoms with Gasteiger partial charge in [0.15, 0.2) is 0 Å². The molecule has 0 unspecified atom stereocenters. The van der Waals surface area contributed by atoms with Gasteiger partial charge in [-0.25, -0.2) is 9.97 Å². The number of ether oxygens (including phenoxy) is 1. The van der Waals surface area contributed by atoms with E-state index in [0.717, 1.165) is 27.9 Å². The zero-order valence-electron chi connectivity index (χ0n) is 23.9. The Kier molecular flexibility index (Phi) is 7.02. The van der Waals surface area contributed by atoms with Gasteiger partial charge in [0, 0.05) is 43.7 Å². The molecule has 210 valence electrons. The van der Waals surface area contributed by atoms with Crippen LogP contribution in [0.2, 0.25) is 0 Å². The van der Waals surface area contributed by atoms with Crippen molar-refractivity contribution in [1.29, 1.82) is 5.26 Å². The van der Waals surface area contributed by atoms with Crippen LogP contribution in [0.3, 0.4) is 0 Å². The number of anilines is 3. The highest BCUT2D eigenvalue weighted by atomic mass is 16.5. The van der Waals surface area contributed by atoms with Crippen LogP contribution in [0.25, 0.3) is 22.1 Å². The Morgan fingerprint density at radius 1 is 1.12 bits per heavy atom. The Bertz CT molecular complexity index is 1920. The van der Waals surface area contributed by atoms with Gasteiger partial charge in [0.1, 0.15) is 28.9 Å². The number of carbonyl (C=O) groups is 1. The van der Waals surface area contributed by atoms with Gasteiger partial charge in [-0.05, 0) is 75.5 Å². The molecule has 10 heteroatoms. The van der Waals surface area contributed by atoms with Gasteiger partial charge in [-0.15, -0.1) is 0 Å². The van der Waals surface area contributed by atoms with Crippen LogP contribution in [0.4, 0.5) is 17.2 Å². The fraction of sp³-hybridized carbons (Fsp3) is 0.219. The van der Waals surface area contributed by atoms with E-state index >= 15 is 0 Å². The molecule has 0 spiro atoms. The van der Waals surface area contributed by atoms with E-state index in [2.05, 4.69) is 21.4 Å². The fourth-order valence-corrected chi connectivity index (χ4v) is 5.02. The molecule has 0 radical (unpaired) electrons. The third-order valence-electron chi connectivity index (χ3n) is 7.29. The fourth-order valence-electron chi connectivity index (χ4n) is 5.02. The summed E-state index contributed by atoms with van der Waals surface area (Å²) in [6.07, 6.45) is 5.95. The number of nitrogens with zero attached hydrogens (tertiary/aromatic N) is 7. The molecule has 6 rings (SSSR count). The molecule has 42 heavy (non-hydrogen) atoms. The van der Waals surface area contributed by atoms with Crippen LogP contribution in [-0.4, -0.2) is 57.5 Å². The normalized spacial score (nSPS) is 14.3. The minimum Gasteiger partial charge on any atom is -0.457 e. The molecule has 1 aliphatic heterocycles. The molecule has 4 heterocycles. The van der Waals surface area contributed by atoms with Crippen LogP contribution in [0.5, 0.6) is 11.5 Å². The van der Waals surface area contributed by atoms with Crippen molar-refractivity contribution in [1.82, 2.24) is 24.4 Å². The first-order valence-electron chi connectivity index (χ1n) is 13.6. The summed E-state index contributed by atoms with van der Waals surface area (Å²) < 4.78 is 8.14. The quantitative estimate of drug-likeness (QED) is 0.262. The number of pyridine rings is 2. The molecule has 1 N–H and O–H groups in total. The number of hydrogen-bond donors (Lipinski definition) is 1. The Labute approximate surface area is 243 Å². The number of aryl methyl sites for hydroxylation is 2. The molecule has 1 aliphatic rings. The third-order valence-corrected chi connectivity index (χ3v) is 7.29. The van der Waals surface area contributed by atoms with Gasteiger partial charge in [-0.1, -0.05) is 6.08 Å². The average molecular weight is 559 g/mol. The van der Waals surface area contributed by atoms with E-state index in [1.165, 1.54) is 6.20 Å². The standard InChI is InChI=1S/C32H30N8O2/c1-20-15-23(5-9-28(20)42-24-6-8-27-26(16-24)35-19-39(27)4)36-30-22(17-33)18-34-25-7-10-29(37-31(25)30)40-14-12-21(32(40)41)11-13-38(2)3/h5-11,15-16,18-19H,12-14H2,1-4H3,(H,34,36)/b21-11+. The molecule has 3 aromatic heterocycles. The minimum atomic E-state index is -0.0454. The molecule has 10 nitrogen and oxygen atoms in total. The van der Waals surface area contributed by atoms with Gasteiger partial charge < -0.3 is 19.5 Å². The second-order valence-corrected chi connectivity index (χ2v) is 10.6. The van der Waals surface area contributed by atoms with Gasteiger partial charge in [0.25, 0.3) is 5.91 Å². The van der Waals surface area contributed by atoms with E-state index in [1.807, 2.05) is 86.1 Å². The maximum absolute atomic E-state index is 13.1. The zero-order valence-corrected chi connectivity index (χ0v) is 23.9. The summed E-state index contributed by atoms with van der Waals surface area (Å²) >= 11 is 0. The first-order chi connectivity index (χ1) is 20.3. The second kappa shape index (κ2) is 11.0. The summed E-state index contributed by atoms with van der Waals surface area (Å²) in [7, 11) is 5.90. The highest BCUT2D eigenvalue weighted by Crippen LogP contribution is 2.34. The van der Waals surface area contributed by atoms with Crippen molar-refractivity contribution in [2.45, 2.75) is 13.3 Å². The van der Waals surface area contributed by atoms with Crippen LogP contribution in [0, 0.1) is 18.3 Å². The van der Waals surface area contributed by atoms with Crippen molar-refractivity contribution in [3.05, 3.63) is 83.8 Å². The van der Waals surface area contributed by atoms with Crippen LogP contribution >= 0.6 is 0 Å². The summed E-state index contributed by atoms with van der Waals surface area (Å²) in [4.78, 5) is 30.5. The summed E-state index contributed by atoms with van der Waals surface area (Å²) in [5.74, 6) is 1.90. The highest BCUT2D eigenvalue weighted by molar-refractivity contribution is 6.08. The number of nitrogens with one attached hydrogen (secondary N) is 1. The van der Waals surface area contributed by atoms with E-state index in [-0.39, 0.29) is 5.91 Å². The van der Waals surface area contributed by atoms with E-state index in [0.29, 0.717) is 59.1 Å². The number of aromatic nitrogens is 4. The maximum atomic E-state index is 13.1. The van der Waals surface area contributed by atoms with E-state index in [1.54, 1.807) is 17.3 Å². The smallest absolute Gasteiger partial charge is 0.255 e. The SMILES string of the molecule is Cc1cc(Nc2c(C#N)cnc3ccc(N4CC/C(=C\CN(C)C)C4=O)nc23)ccc1Oc1ccc2c(c1)ncn2C. The lowest BCUT2D eigenvalue weighted by Gasteiger charge is -2.17. The van der Waals surface area contributed by atoms with Gasteiger partial charge >= 0.3 is 0 Å². The molecule has 1 fully saturated rings. The van der Waals surface area contributed by atoms with E-state index in [9.17, 15) is 10.1 Å². The minimum absolute atomic E-state index is 0.0454. The van der Waals surface area contributed by atoms with Crippen LogP contribution in [-0.2, 0) is 11.8 Å². The van der Waals surface area contributed by atoms with Crippen molar-refractivity contribution >= 4 is 45.2 Å². The van der Waals surface area contributed by atoms with Crippen LogP contribution < -0.4 is 15.0 Å². The van der Waals surface area contributed by atoms with Crippen molar-refractivity contribution in [2.75, 3.05) is 37.4 Å². The number of amides is 1. The van der Waals surface area contributed by atoms with Crippen molar-refractivity contribution < 1.29 is 9.53 Å². The van der Waals surface area contributed by atoms with Crippen molar-refractivity contribution in [3.8, 4) is 17.6 Å². The van der Waals surface area contributed by atoms with Crippen LogP contribution in [0.1, 0.15) is 17.5 Å². The topological polar surface area (TPSA) is 112 Å². The number of hydrogen-bond acceptors (Lipinski definition) is 8. The molecule has 1 amide bonds. The van der Waals surface area contributed by atoms with E-state index < -0.39 is 0 Å². The molecule has 1 saturated heterocycles. The largest absolute Gasteiger partial charge is 0.457 e. The summed E-state index contributed by atoms with van der Waals surface area (Å²) in [6, 6.07) is 17.4. The Morgan fingerprint density at radius 3 is 2.76 bits per heavy atom. The zero-order chi connectivity index (χ0) is 29.4. The van der Waals surface area contributed by atoms with Gasteiger partial charge in [0.05, 0.1) is 34.1 Å². The highest BCUT2D eigenvalue weighted by Gasteiger charge is 2.28. The first-order valence-corrected chi connectivity index (χ1v) is 13.6. The molecule has 5 aromatic rings. The van der Waals surface area contributed by atoms with E-state index in [4.69, 9.17) is 9.72 Å². The Morgan fingerprint density at radius 2 is 1.98 bits per heavy atom. The van der Waals surface area contributed by atoms with Crippen molar-refractivity contribution in [2.24, 2.45) is 7.05 Å². The number of nitriles is 1. The molecular formula is C32H30N8O2. The lowest BCUT2D eigenvalue weighted by Crippen LogP contribution is -2.25. The van der Waals surface area contributed by atoms with Crippen LogP contribution in [0.15, 0.2) is 72.7 Å². The Hall–Kier alpha value is -5.27. The lowest BCUT2D eigenvalue weighted by molar-refractivity contribution is -0.114. The van der Waals surface area contributed by atoms with Crippen molar-refractivity contribution in [3.63, 3.8) is 0 Å². The molecule has 0 bridgehead atoms. The molecule has 0 atom stereocenters. The number of carbonyl (C=O) groups excluding carboxylic acids is 1. The Balaban J connectivity index is 1.28. The maximum Gasteiger partial charge on any atom is 0.255 e. The monoisotopic (exact) mass is 558 g/mol. The summed E-state index contributed by atoms with van der Waals surface area (Å²) in [5.41, 5.74) is 6.38. The third kappa shape index (κ3) is 5.13. The number of likely N-dealkylation sites (N-methyl/N-ethyl adjacent to an activating group) is 1. The number of imidazole rings is 1. The number of rotatable bonds is 7. The molecule has 2 aromatic carbocycles. The van der Waals surface area contributed by atoms with Gasteiger partial charge in [-0.3, -0.25) is 14.7 Å². The molecule has 0 saturated carbocycles. The molecule has 0 aliphatic carbocycles. The first kappa shape index (κ1) is 26.9. The molecular weight excluding hydrogens is 528 g/mol. The second-order valence-electron chi connectivity index (χ2n) is 10.6. The average Bonchev–Trinajstić information content (AvgIpc) is 3.54. The predicted molar refractivity (Wildman–Crippen MR) is 163 cm³/mol. The summed E-state index contributed by atoms with van der Waals surface area (Å²) in [5, 5.41) is 13.3. The summed E-state index contributed by atoms with van der Waals surface area (Å²) in [6.45, 7) is 3.22. The van der Waals surface area contributed by atoms with Gasteiger partial charge in [0.2, 0.25) is 0 Å². The predicted octanol–water partition coefficient (Wildman–Crippen LogP) is 5.46. The van der Waals surface area contributed by atoms with Gasteiger partial charge in [-0.2, -0.15) is 5.26 Å².